The number of rotatable bonds is 6. The Morgan fingerprint density at radius 1 is 1.08 bits per heavy atom. The molecule has 0 amide bonds. The van der Waals surface area contributed by atoms with E-state index in [0.29, 0.717) is 23.7 Å². The van der Waals surface area contributed by atoms with E-state index in [0.717, 1.165) is 24.8 Å². The van der Waals surface area contributed by atoms with E-state index >= 15 is 0 Å². The molecule has 2 aromatic carbocycles. The molecule has 4 heteroatoms. The molecule has 0 bridgehead atoms. The van der Waals surface area contributed by atoms with Crippen LogP contribution in [0.5, 0.6) is 11.5 Å². The van der Waals surface area contributed by atoms with Gasteiger partial charge < -0.3 is 14.3 Å². The number of ether oxygens (including phenoxy) is 1. The fourth-order valence-electron chi connectivity index (χ4n) is 2.61. The maximum Gasteiger partial charge on any atom is 0.197 e. The average molecular weight is 324 g/mol. The van der Waals surface area contributed by atoms with Crippen molar-refractivity contribution in [3.63, 3.8) is 0 Å². The van der Waals surface area contributed by atoms with Crippen LogP contribution < -0.4 is 10.2 Å². The summed E-state index contributed by atoms with van der Waals surface area (Å²) in [5, 5.41) is 10.5. The van der Waals surface area contributed by atoms with Gasteiger partial charge in [0.15, 0.2) is 16.9 Å². The SMILES string of the molecule is CCCCCOc1ccc2oc(-c3ccccc3)cc(=O)c2c1O. The molecule has 1 heterocycles. The third-order valence-corrected chi connectivity index (χ3v) is 3.89. The van der Waals surface area contributed by atoms with Gasteiger partial charge in [-0.3, -0.25) is 4.79 Å². The number of benzene rings is 2. The topological polar surface area (TPSA) is 59.7 Å². The van der Waals surface area contributed by atoms with Crippen LogP contribution in [0.25, 0.3) is 22.3 Å². The first kappa shape index (κ1) is 16.1. The zero-order chi connectivity index (χ0) is 16.9. The quantitative estimate of drug-likeness (QED) is 0.666. The Balaban J connectivity index is 1.97. The summed E-state index contributed by atoms with van der Waals surface area (Å²) in [6, 6.07) is 14.1. The Kier molecular flexibility index (Phi) is 4.85. The molecule has 0 unspecified atom stereocenters. The lowest BCUT2D eigenvalue weighted by Crippen LogP contribution is -2.03. The van der Waals surface area contributed by atoms with Gasteiger partial charge in [0, 0.05) is 11.6 Å². The predicted octanol–water partition coefficient (Wildman–Crippen LogP) is 4.73. The standard InChI is InChI=1S/C20H20O4/c1-2-3-7-12-23-17-11-10-16-19(20(17)22)15(21)13-18(24-16)14-8-5-4-6-9-14/h4-6,8-11,13,22H,2-3,7,12H2,1H3. The lowest BCUT2D eigenvalue weighted by molar-refractivity contribution is 0.291. The minimum Gasteiger partial charge on any atom is -0.504 e. The molecule has 3 aromatic rings. The van der Waals surface area contributed by atoms with E-state index < -0.39 is 0 Å². The summed E-state index contributed by atoms with van der Waals surface area (Å²) < 4.78 is 11.4. The summed E-state index contributed by atoms with van der Waals surface area (Å²) in [6.45, 7) is 2.63. The van der Waals surface area contributed by atoms with Gasteiger partial charge in [-0.15, -0.1) is 0 Å². The molecule has 1 N–H and O–H groups in total. The number of phenolic OH excluding ortho intramolecular Hbond substituents is 1. The van der Waals surface area contributed by atoms with Crippen molar-refractivity contribution in [3.8, 4) is 22.8 Å². The Bertz CT molecular complexity index is 881. The van der Waals surface area contributed by atoms with E-state index in [9.17, 15) is 9.90 Å². The summed E-state index contributed by atoms with van der Waals surface area (Å²) in [4.78, 5) is 12.4. The van der Waals surface area contributed by atoms with Gasteiger partial charge in [-0.1, -0.05) is 50.1 Å². The molecule has 0 spiro atoms. The highest BCUT2D eigenvalue weighted by atomic mass is 16.5. The first-order valence-electron chi connectivity index (χ1n) is 8.18. The molecule has 3 rings (SSSR count). The van der Waals surface area contributed by atoms with Gasteiger partial charge in [0.2, 0.25) is 0 Å². The fraction of sp³-hybridized carbons (Fsp3) is 0.250. The van der Waals surface area contributed by atoms with Crippen molar-refractivity contribution in [2.75, 3.05) is 6.61 Å². The molecule has 124 valence electrons. The van der Waals surface area contributed by atoms with Gasteiger partial charge in [0.05, 0.1) is 6.61 Å². The molecular formula is C20H20O4. The third kappa shape index (κ3) is 3.27. The highest BCUT2D eigenvalue weighted by Gasteiger charge is 2.14. The molecule has 24 heavy (non-hydrogen) atoms. The maximum absolute atomic E-state index is 12.4. The highest BCUT2D eigenvalue weighted by molar-refractivity contribution is 5.87. The van der Waals surface area contributed by atoms with Crippen LogP contribution in [0.3, 0.4) is 0 Å². The molecule has 0 saturated carbocycles. The fourth-order valence-corrected chi connectivity index (χ4v) is 2.61. The van der Waals surface area contributed by atoms with Gasteiger partial charge in [0.1, 0.15) is 16.7 Å². The van der Waals surface area contributed by atoms with E-state index in [4.69, 9.17) is 9.15 Å². The molecule has 0 saturated heterocycles. The van der Waals surface area contributed by atoms with Crippen LogP contribution in [0.2, 0.25) is 0 Å². The van der Waals surface area contributed by atoms with Crippen molar-refractivity contribution < 1.29 is 14.3 Å². The van der Waals surface area contributed by atoms with E-state index in [1.807, 2.05) is 30.3 Å². The van der Waals surface area contributed by atoms with Gasteiger partial charge in [-0.2, -0.15) is 0 Å². The number of aromatic hydroxyl groups is 1. The van der Waals surface area contributed by atoms with Gasteiger partial charge in [0.25, 0.3) is 0 Å². The predicted molar refractivity (Wildman–Crippen MR) is 94.6 cm³/mol. The smallest absolute Gasteiger partial charge is 0.197 e. The maximum atomic E-state index is 12.4. The average Bonchev–Trinajstić information content (AvgIpc) is 2.60. The number of phenols is 1. The second kappa shape index (κ2) is 7.21. The molecular weight excluding hydrogens is 304 g/mol. The normalized spacial score (nSPS) is 10.9. The molecule has 0 fully saturated rings. The lowest BCUT2D eigenvalue weighted by atomic mass is 10.1. The number of hydrogen-bond donors (Lipinski definition) is 1. The molecule has 0 atom stereocenters. The minimum atomic E-state index is -0.286. The van der Waals surface area contributed by atoms with Crippen molar-refractivity contribution in [2.24, 2.45) is 0 Å². The van der Waals surface area contributed by atoms with Crippen molar-refractivity contribution in [2.45, 2.75) is 26.2 Å². The zero-order valence-corrected chi connectivity index (χ0v) is 13.6. The number of hydrogen-bond acceptors (Lipinski definition) is 4. The van der Waals surface area contributed by atoms with Crippen LogP contribution in [0.15, 0.2) is 57.7 Å². The highest BCUT2D eigenvalue weighted by Crippen LogP contribution is 2.34. The first-order valence-corrected chi connectivity index (χ1v) is 8.18. The van der Waals surface area contributed by atoms with Crippen LogP contribution in [-0.2, 0) is 0 Å². The van der Waals surface area contributed by atoms with Crippen LogP contribution in [0.1, 0.15) is 26.2 Å². The summed E-state index contributed by atoms with van der Waals surface area (Å²) in [7, 11) is 0. The van der Waals surface area contributed by atoms with Crippen LogP contribution in [0, 0.1) is 0 Å². The zero-order valence-electron chi connectivity index (χ0n) is 13.6. The second-order valence-corrected chi connectivity index (χ2v) is 5.68. The Labute approximate surface area is 140 Å². The van der Waals surface area contributed by atoms with Gasteiger partial charge in [-0.25, -0.2) is 0 Å². The molecule has 0 radical (unpaired) electrons. The van der Waals surface area contributed by atoms with Crippen LogP contribution in [0.4, 0.5) is 0 Å². The largest absolute Gasteiger partial charge is 0.504 e. The van der Waals surface area contributed by atoms with E-state index in [1.54, 1.807) is 12.1 Å². The summed E-state index contributed by atoms with van der Waals surface area (Å²) in [5.41, 5.74) is 0.877. The minimum absolute atomic E-state index is 0.155. The monoisotopic (exact) mass is 324 g/mol. The van der Waals surface area contributed by atoms with Crippen molar-refractivity contribution >= 4 is 11.0 Å². The van der Waals surface area contributed by atoms with Crippen LogP contribution >= 0.6 is 0 Å². The summed E-state index contributed by atoms with van der Waals surface area (Å²) in [6.07, 6.45) is 3.07. The second-order valence-electron chi connectivity index (χ2n) is 5.68. The van der Waals surface area contributed by atoms with Crippen molar-refractivity contribution in [1.29, 1.82) is 0 Å². The summed E-state index contributed by atoms with van der Waals surface area (Å²) in [5.74, 6) is 0.639. The molecule has 0 aliphatic heterocycles. The van der Waals surface area contributed by atoms with E-state index in [-0.39, 0.29) is 16.6 Å². The number of fused-ring (bicyclic) bond motifs is 1. The van der Waals surface area contributed by atoms with E-state index in [2.05, 4.69) is 6.92 Å². The summed E-state index contributed by atoms with van der Waals surface area (Å²) >= 11 is 0. The van der Waals surface area contributed by atoms with Gasteiger partial charge >= 0.3 is 0 Å². The van der Waals surface area contributed by atoms with Crippen molar-refractivity contribution in [3.05, 3.63) is 58.8 Å². The van der Waals surface area contributed by atoms with E-state index in [1.165, 1.54) is 6.07 Å². The molecule has 4 nitrogen and oxygen atoms in total. The third-order valence-electron chi connectivity index (χ3n) is 3.89. The first-order chi connectivity index (χ1) is 11.7. The Morgan fingerprint density at radius 2 is 1.88 bits per heavy atom. The van der Waals surface area contributed by atoms with Crippen LogP contribution in [-0.4, -0.2) is 11.7 Å². The Hall–Kier alpha value is -2.75. The molecule has 0 aliphatic rings. The molecule has 0 aliphatic carbocycles. The molecule has 1 aromatic heterocycles. The Morgan fingerprint density at radius 3 is 2.62 bits per heavy atom. The lowest BCUT2D eigenvalue weighted by Gasteiger charge is -2.10. The number of unbranched alkanes of at least 4 members (excludes halogenated alkanes) is 2. The van der Waals surface area contributed by atoms with Crippen molar-refractivity contribution in [1.82, 2.24) is 0 Å². The van der Waals surface area contributed by atoms with Gasteiger partial charge in [-0.05, 0) is 18.6 Å².